The highest BCUT2D eigenvalue weighted by Gasteiger charge is 2.36. The first-order valence-electron chi connectivity index (χ1n) is 7.13. The quantitative estimate of drug-likeness (QED) is 0.912. The van der Waals surface area contributed by atoms with Gasteiger partial charge in [0.05, 0.1) is 5.57 Å². The third-order valence-electron chi connectivity index (χ3n) is 4.30. The average Bonchev–Trinajstić information content (AvgIpc) is 2.89. The maximum Gasteiger partial charge on any atom is 0.253 e. The average molecular weight is 307 g/mol. The number of hydrogen-bond donors (Lipinski definition) is 1. The van der Waals surface area contributed by atoms with Crippen molar-refractivity contribution >= 4 is 23.6 Å². The molecule has 0 bridgehead atoms. The molecule has 0 radical (unpaired) electrons. The fourth-order valence-corrected chi connectivity index (χ4v) is 3.02. The Morgan fingerprint density at radius 3 is 3.05 bits per heavy atom. The topological polar surface area (TPSA) is 55.6 Å². The maximum absolute atomic E-state index is 12.6. The van der Waals surface area contributed by atoms with E-state index in [0.29, 0.717) is 30.3 Å². The van der Waals surface area contributed by atoms with Gasteiger partial charge in [-0.05, 0) is 42.7 Å². The zero-order chi connectivity index (χ0) is 15.0. The van der Waals surface area contributed by atoms with Crippen LogP contribution >= 0.6 is 11.6 Å². The second kappa shape index (κ2) is 5.35. The van der Waals surface area contributed by atoms with Crippen LogP contribution in [0, 0.1) is 5.41 Å². The number of benzene rings is 1. The van der Waals surface area contributed by atoms with Crippen LogP contribution in [-0.4, -0.2) is 37.0 Å². The molecular weight excluding hydrogens is 288 g/mol. The molecule has 1 saturated heterocycles. The molecule has 2 N–H and O–H groups in total. The van der Waals surface area contributed by atoms with Crippen LogP contribution in [0.25, 0.3) is 6.08 Å². The number of carbonyl (C=O) groups is 1. The highest BCUT2D eigenvalue weighted by molar-refractivity contribution is 6.30. The van der Waals surface area contributed by atoms with Gasteiger partial charge in [0.2, 0.25) is 0 Å². The van der Waals surface area contributed by atoms with Crippen LogP contribution in [0.15, 0.2) is 23.8 Å². The minimum atomic E-state index is 0.0347. The van der Waals surface area contributed by atoms with Crippen LogP contribution < -0.4 is 10.5 Å². The van der Waals surface area contributed by atoms with Crippen LogP contribution in [0.2, 0.25) is 5.02 Å². The number of carbonyl (C=O) groups excluding carboxylic acids is 1. The Hall–Kier alpha value is -1.52. The molecule has 2 aliphatic rings. The number of amides is 1. The number of ether oxygens (including phenoxy) is 1. The molecule has 1 unspecified atom stereocenters. The molecule has 2 heterocycles. The van der Waals surface area contributed by atoms with Crippen LogP contribution in [0.1, 0.15) is 18.9 Å². The van der Waals surface area contributed by atoms with E-state index in [1.807, 2.05) is 23.1 Å². The van der Waals surface area contributed by atoms with Gasteiger partial charge >= 0.3 is 0 Å². The summed E-state index contributed by atoms with van der Waals surface area (Å²) >= 11 is 5.99. The lowest BCUT2D eigenvalue weighted by atomic mass is 9.90. The standard InChI is InChI=1S/C16H19ClN2O2/c1-16(9-18)4-5-19(10-16)15(20)12-6-11-7-13(17)2-3-14(11)21-8-12/h2-3,6-7H,4-5,8-10,18H2,1H3. The predicted molar refractivity (Wildman–Crippen MR) is 83.3 cm³/mol. The van der Waals surface area contributed by atoms with Crippen molar-refractivity contribution in [3.8, 4) is 5.75 Å². The number of nitrogens with zero attached hydrogens (tertiary/aromatic N) is 1. The molecular formula is C16H19ClN2O2. The molecule has 0 saturated carbocycles. The summed E-state index contributed by atoms with van der Waals surface area (Å²) in [5, 5.41) is 0.638. The number of likely N-dealkylation sites (tertiary alicyclic amines) is 1. The van der Waals surface area contributed by atoms with Crippen molar-refractivity contribution in [1.29, 1.82) is 0 Å². The van der Waals surface area contributed by atoms with E-state index < -0.39 is 0 Å². The zero-order valence-corrected chi connectivity index (χ0v) is 12.8. The molecule has 1 aromatic rings. The van der Waals surface area contributed by atoms with Crippen molar-refractivity contribution in [2.75, 3.05) is 26.2 Å². The molecule has 0 aromatic heterocycles. The number of nitrogens with two attached hydrogens (primary N) is 1. The SMILES string of the molecule is CC1(CN)CCN(C(=O)C2=Cc3cc(Cl)ccc3OC2)C1. The molecule has 1 atom stereocenters. The van der Waals surface area contributed by atoms with Gasteiger partial charge in [-0.2, -0.15) is 0 Å². The van der Waals surface area contributed by atoms with Gasteiger partial charge in [0, 0.05) is 23.7 Å². The normalized spacial score (nSPS) is 24.3. The van der Waals surface area contributed by atoms with E-state index in [4.69, 9.17) is 22.1 Å². The van der Waals surface area contributed by atoms with Gasteiger partial charge in [0.15, 0.2) is 0 Å². The van der Waals surface area contributed by atoms with E-state index in [9.17, 15) is 4.79 Å². The lowest BCUT2D eigenvalue weighted by molar-refractivity contribution is -0.126. The van der Waals surface area contributed by atoms with Crippen molar-refractivity contribution in [2.45, 2.75) is 13.3 Å². The lowest BCUT2D eigenvalue weighted by Gasteiger charge is -2.25. The van der Waals surface area contributed by atoms with Gasteiger partial charge in [-0.25, -0.2) is 0 Å². The van der Waals surface area contributed by atoms with Crippen LogP contribution in [-0.2, 0) is 4.79 Å². The molecule has 1 aromatic carbocycles. The summed E-state index contributed by atoms with van der Waals surface area (Å²) in [6.07, 6.45) is 2.83. The lowest BCUT2D eigenvalue weighted by Crippen LogP contribution is -2.36. The van der Waals surface area contributed by atoms with Crippen molar-refractivity contribution in [3.05, 3.63) is 34.4 Å². The summed E-state index contributed by atoms with van der Waals surface area (Å²) in [6, 6.07) is 5.43. The molecule has 2 aliphatic heterocycles. The Morgan fingerprint density at radius 2 is 2.33 bits per heavy atom. The number of hydrogen-bond acceptors (Lipinski definition) is 3. The fourth-order valence-electron chi connectivity index (χ4n) is 2.84. The van der Waals surface area contributed by atoms with Crippen LogP contribution in [0.4, 0.5) is 0 Å². The molecule has 0 spiro atoms. The van der Waals surface area contributed by atoms with Gasteiger partial charge in [-0.15, -0.1) is 0 Å². The Kier molecular flexibility index (Phi) is 3.68. The van der Waals surface area contributed by atoms with Gasteiger partial charge in [-0.1, -0.05) is 18.5 Å². The smallest absolute Gasteiger partial charge is 0.253 e. The van der Waals surface area contributed by atoms with Crippen LogP contribution in [0.5, 0.6) is 5.75 Å². The van der Waals surface area contributed by atoms with Gasteiger partial charge in [0.1, 0.15) is 12.4 Å². The Bertz CT molecular complexity index is 614. The first-order chi connectivity index (χ1) is 10.0. The first kappa shape index (κ1) is 14.4. The summed E-state index contributed by atoms with van der Waals surface area (Å²) in [7, 11) is 0. The fraction of sp³-hybridized carbons (Fsp3) is 0.438. The van der Waals surface area contributed by atoms with E-state index in [1.165, 1.54) is 0 Å². The highest BCUT2D eigenvalue weighted by Crippen LogP contribution is 2.32. The Morgan fingerprint density at radius 1 is 1.52 bits per heavy atom. The summed E-state index contributed by atoms with van der Waals surface area (Å²) in [5.74, 6) is 0.807. The van der Waals surface area contributed by atoms with Crippen molar-refractivity contribution in [1.82, 2.24) is 4.90 Å². The van der Waals surface area contributed by atoms with E-state index >= 15 is 0 Å². The molecule has 3 rings (SSSR count). The second-order valence-electron chi connectivity index (χ2n) is 6.13. The van der Waals surface area contributed by atoms with E-state index in [1.54, 1.807) is 6.07 Å². The van der Waals surface area contributed by atoms with Gasteiger partial charge < -0.3 is 15.4 Å². The van der Waals surface area contributed by atoms with E-state index in [0.717, 1.165) is 24.3 Å². The van der Waals surface area contributed by atoms with Crippen LogP contribution in [0.3, 0.4) is 0 Å². The molecule has 1 fully saturated rings. The molecule has 0 aliphatic carbocycles. The number of halogens is 1. The molecule has 4 nitrogen and oxygen atoms in total. The summed E-state index contributed by atoms with van der Waals surface area (Å²) in [4.78, 5) is 14.5. The van der Waals surface area contributed by atoms with Crippen molar-refractivity contribution < 1.29 is 9.53 Å². The van der Waals surface area contributed by atoms with E-state index in [2.05, 4.69) is 6.92 Å². The minimum Gasteiger partial charge on any atom is -0.488 e. The Labute approximate surface area is 129 Å². The monoisotopic (exact) mass is 306 g/mol. The third kappa shape index (κ3) is 2.78. The summed E-state index contributed by atoms with van der Waals surface area (Å²) < 4.78 is 5.65. The third-order valence-corrected chi connectivity index (χ3v) is 4.53. The molecule has 5 heteroatoms. The van der Waals surface area contributed by atoms with Crippen molar-refractivity contribution in [3.63, 3.8) is 0 Å². The summed E-state index contributed by atoms with van der Waals surface area (Å²) in [5.41, 5.74) is 7.36. The van der Waals surface area contributed by atoms with E-state index in [-0.39, 0.29) is 11.3 Å². The van der Waals surface area contributed by atoms with Crippen molar-refractivity contribution in [2.24, 2.45) is 11.1 Å². The molecule has 21 heavy (non-hydrogen) atoms. The highest BCUT2D eigenvalue weighted by atomic mass is 35.5. The number of fused-ring (bicyclic) bond motifs is 1. The largest absolute Gasteiger partial charge is 0.488 e. The number of rotatable bonds is 2. The van der Waals surface area contributed by atoms with Gasteiger partial charge in [-0.3, -0.25) is 4.79 Å². The molecule has 112 valence electrons. The minimum absolute atomic E-state index is 0.0347. The predicted octanol–water partition coefficient (Wildman–Crippen LogP) is 2.31. The first-order valence-corrected chi connectivity index (χ1v) is 7.51. The Balaban J connectivity index is 1.80. The second-order valence-corrected chi connectivity index (χ2v) is 6.57. The zero-order valence-electron chi connectivity index (χ0n) is 12.1. The summed E-state index contributed by atoms with van der Waals surface area (Å²) in [6.45, 7) is 4.50. The van der Waals surface area contributed by atoms with Gasteiger partial charge in [0.25, 0.3) is 5.91 Å². The maximum atomic E-state index is 12.6. The molecule has 1 amide bonds.